The van der Waals surface area contributed by atoms with Crippen molar-refractivity contribution in [3.8, 4) is 0 Å². The third-order valence-corrected chi connectivity index (χ3v) is 0.348. The Morgan fingerprint density at radius 1 is 1.00 bits per heavy atom. The molecule has 0 aromatic rings. The lowest BCUT2D eigenvalue weighted by Gasteiger charge is -1.89. The highest BCUT2D eigenvalue weighted by Crippen LogP contribution is 1.69. The van der Waals surface area contributed by atoms with Crippen LogP contribution in [0.2, 0.25) is 0 Å². The molecule has 84 valence electrons. The summed E-state index contributed by atoms with van der Waals surface area (Å²) in [4.78, 5) is 27.8. The Morgan fingerprint density at radius 3 is 1.21 bits per heavy atom. The third kappa shape index (κ3) is 464. The number of rotatable bonds is 1. The molecule has 0 saturated carbocycles. The van der Waals surface area contributed by atoms with E-state index in [1.165, 1.54) is 6.92 Å². The van der Waals surface area contributed by atoms with Gasteiger partial charge in [0.05, 0.1) is 6.61 Å². The van der Waals surface area contributed by atoms with Crippen molar-refractivity contribution >= 4 is 17.9 Å². The molecule has 0 radical (unpaired) electrons. The van der Waals surface area contributed by atoms with Gasteiger partial charge < -0.3 is 14.9 Å². The highest BCUT2D eigenvalue weighted by Gasteiger charge is 1.81. The summed E-state index contributed by atoms with van der Waals surface area (Å²) < 4.78 is 4.40. The fourth-order valence-electron chi connectivity index (χ4n) is 0.203. The van der Waals surface area contributed by atoms with Gasteiger partial charge in [-0.3, -0.25) is 14.4 Å². The summed E-state index contributed by atoms with van der Waals surface area (Å²) in [5.74, 6) is -1.88. The van der Waals surface area contributed by atoms with Crippen molar-refractivity contribution in [1.29, 1.82) is 0 Å². The average molecular weight is 208 g/mol. The van der Waals surface area contributed by atoms with E-state index >= 15 is 0 Å². The van der Waals surface area contributed by atoms with E-state index < -0.39 is 11.9 Å². The maximum Gasteiger partial charge on any atom is 0.302 e. The molecule has 0 aliphatic carbocycles. The topological polar surface area (TPSA) is 101 Å². The molecule has 0 aliphatic rings. The summed E-state index contributed by atoms with van der Waals surface area (Å²) in [5, 5.41) is 14.8. The van der Waals surface area contributed by atoms with E-state index in [0.29, 0.717) is 6.61 Å². The monoisotopic (exact) mass is 208 g/mol. The molecule has 0 spiro atoms. The zero-order valence-corrected chi connectivity index (χ0v) is 8.73. The first kappa shape index (κ1) is 18.2. The van der Waals surface area contributed by atoms with Crippen molar-refractivity contribution in [2.45, 2.75) is 27.7 Å². The van der Waals surface area contributed by atoms with Gasteiger partial charge in [0, 0.05) is 20.8 Å². The van der Waals surface area contributed by atoms with Crippen molar-refractivity contribution in [2.75, 3.05) is 6.61 Å². The molecular weight excluding hydrogens is 192 g/mol. The average Bonchev–Trinajstić information content (AvgIpc) is 1.82. The van der Waals surface area contributed by atoms with Crippen LogP contribution < -0.4 is 0 Å². The number of hydrogen-bond acceptors (Lipinski definition) is 4. The number of ether oxygens (including phenoxy) is 1. The Bertz CT molecular complexity index is 155. The second kappa shape index (κ2) is 14.0. The van der Waals surface area contributed by atoms with E-state index in [-0.39, 0.29) is 5.97 Å². The number of carboxylic acids is 2. The molecule has 0 saturated heterocycles. The first-order valence-corrected chi connectivity index (χ1v) is 3.76. The molecule has 6 heteroatoms. The molecule has 2 N–H and O–H groups in total. The number of carboxylic acid groups (broad SMARTS) is 2. The lowest BCUT2D eigenvalue weighted by molar-refractivity contribution is -0.140. The van der Waals surface area contributed by atoms with Gasteiger partial charge in [0.2, 0.25) is 0 Å². The van der Waals surface area contributed by atoms with Crippen LogP contribution in [0, 0.1) is 0 Å². The molecule has 0 aliphatic heterocycles. The first-order chi connectivity index (χ1) is 6.23. The molecular formula is C8H16O6. The fraction of sp³-hybridized carbons (Fsp3) is 0.625. The molecule has 0 amide bonds. The first-order valence-electron chi connectivity index (χ1n) is 3.76. The van der Waals surface area contributed by atoms with Crippen LogP contribution in [0.5, 0.6) is 0 Å². The normalized spacial score (nSPS) is 6.86. The van der Waals surface area contributed by atoms with E-state index in [1.54, 1.807) is 6.92 Å². The summed E-state index contributed by atoms with van der Waals surface area (Å²) in [6.07, 6.45) is 0. The minimum absolute atomic E-state index is 0.211. The van der Waals surface area contributed by atoms with Gasteiger partial charge in [-0.2, -0.15) is 0 Å². The molecule has 0 bridgehead atoms. The minimum atomic E-state index is -0.833. The van der Waals surface area contributed by atoms with Crippen molar-refractivity contribution in [3.05, 3.63) is 0 Å². The van der Waals surface area contributed by atoms with Crippen molar-refractivity contribution in [3.63, 3.8) is 0 Å². The van der Waals surface area contributed by atoms with Gasteiger partial charge in [-0.15, -0.1) is 0 Å². The second-order valence-electron chi connectivity index (χ2n) is 1.96. The summed E-state index contributed by atoms with van der Waals surface area (Å²) in [5.41, 5.74) is 0. The van der Waals surface area contributed by atoms with Gasteiger partial charge in [-0.25, -0.2) is 0 Å². The van der Waals surface area contributed by atoms with Gasteiger partial charge in [-0.1, -0.05) is 0 Å². The number of aliphatic carboxylic acids is 2. The van der Waals surface area contributed by atoms with Crippen molar-refractivity contribution < 1.29 is 29.3 Å². The predicted molar refractivity (Wildman–Crippen MR) is 48.9 cm³/mol. The zero-order valence-electron chi connectivity index (χ0n) is 8.73. The fourth-order valence-corrected chi connectivity index (χ4v) is 0.203. The number of esters is 1. The maximum absolute atomic E-state index is 9.82. The Hall–Kier alpha value is -1.59. The van der Waals surface area contributed by atoms with Crippen LogP contribution in [0.3, 0.4) is 0 Å². The molecule has 0 aromatic heterocycles. The van der Waals surface area contributed by atoms with E-state index in [1.807, 2.05) is 0 Å². The van der Waals surface area contributed by atoms with Crippen LogP contribution in [0.25, 0.3) is 0 Å². The highest BCUT2D eigenvalue weighted by molar-refractivity contribution is 5.65. The van der Waals surface area contributed by atoms with Crippen molar-refractivity contribution in [1.82, 2.24) is 0 Å². The highest BCUT2D eigenvalue weighted by atomic mass is 16.5. The van der Waals surface area contributed by atoms with Gasteiger partial charge in [0.25, 0.3) is 11.9 Å². The van der Waals surface area contributed by atoms with E-state index in [0.717, 1.165) is 13.8 Å². The minimum Gasteiger partial charge on any atom is -0.481 e. The van der Waals surface area contributed by atoms with Crippen molar-refractivity contribution in [2.24, 2.45) is 0 Å². The quantitative estimate of drug-likeness (QED) is 0.616. The molecule has 0 unspecified atom stereocenters. The molecule has 0 rings (SSSR count). The molecule has 0 aromatic carbocycles. The molecule has 0 heterocycles. The SMILES string of the molecule is CC(=O)O.CC(=O)O.CCOC(C)=O. The van der Waals surface area contributed by atoms with Gasteiger partial charge >= 0.3 is 5.97 Å². The molecule has 14 heavy (non-hydrogen) atoms. The molecule has 0 fully saturated rings. The molecule has 6 nitrogen and oxygen atoms in total. The van der Waals surface area contributed by atoms with E-state index in [2.05, 4.69) is 4.74 Å². The summed E-state index contributed by atoms with van der Waals surface area (Å²) >= 11 is 0. The van der Waals surface area contributed by atoms with Crippen LogP contribution >= 0.6 is 0 Å². The predicted octanol–water partition coefficient (Wildman–Crippen LogP) is 0.751. The second-order valence-corrected chi connectivity index (χ2v) is 1.96. The Morgan fingerprint density at radius 2 is 1.21 bits per heavy atom. The Labute approximate surface area is 82.5 Å². The largest absolute Gasteiger partial charge is 0.481 e. The van der Waals surface area contributed by atoms with Gasteiger partial charge in [-0.05, 0) is 6.92 Å². The third-order valence-electron chi connectivity index (χ3n) is 0.348. The zero-order chi connectivity index (χ0) is 12.1. The summed E-state index contributed by atoms with van der Waals surface area (Å²) in [7, 11) is 0. The Balaban J connectivity index is -0.000000135. The van der Waals surface area contributed by atoms with E-state index in [9.17, 15) is 4.79 Å². The van der Waals surface area contributed by atoms with Gasteiger partial charge in [0.15, 0.2) is 0 Å². The van der Waals surface area contributed by atoms with Crippen LogP contribution in [0.15, 0.2) is 0 Å². The van der Waals surface area contributed by atoms with Gasteiger partial charge in [0.1, 0.15) is 0 Å². The lowest BCUT2D eigenvalue weighted by Crippen LogP contribution is -1.95. The standard InChI is InChI=1S/C4H8O2.2C2H4O2/c1-3-6-4(2)5;2*1-2(3)4/h3H2,1-2H3;2*1H3,(H,3,4). The number of hydrogen-bond donors (Lipinski definition) is 2. The smallest absolute Gasteiger partial charge is 0.302 e. The Kier molecular flexibility index (Phi) is 18.2. The lowest BCUT2D eigenvalue weighted by atomic mass is 10.8. The number of carbonyl (C=O) groups is 3. The molecule has 0 atom stereocenters. The van der Waals surface area contributed by atoms with E-state index in [4.69, 9.17) is 19.8 Å². The summed E-state index contributed by atoms with van der Waals surface area (Å²) in [6, 6.07) is 0. The maximum atomic E-state index is 9.82. The van der Waals surface area contributed by atoms with Crippen LogP contribution in [-0.2, 0) is 19.1 Å². The number of carbonyl (C=O) groups excluding carboxylic acids is 1. The summed E-state index contributed by atoms with van der Waals surface area (Å²) in [6.45, 7) is 5.82. The van der Waals surface area contributed by atoms with Crippen LogP contribution in [0.1, 0.15) is 27.7 Å². The van der Waals surface area contributed by atoms with Crippen LogP contribution in [0.4, 0.5) is 0 Å². The van der Waals surface area contributed by atoms with Crippen LogP contribution in [-0.4, -0.2) is 34.7 Å².